The molecule has 0 aliphatic heterocycles. The molecule has 33 heavy (non-hydrogen) atoms. The summed E-state index contributed by atoms with van der Waals surface area (Å²) in [6, 6.07) is 13.1. The topological polar surface area (TPSA) is 108 Å². The van der Waals surface area contributed by atoms with Gasteiger partial charge in [-0.3, -0.25) is 14.4 Å². The molecule has 2 aromatic carbocycles. The summed E-state index contributed by atoms with van der Waals surface area (Å²) in [6.07, 6.45) is 2.85. The first-order valence-electron chi connectivity index (χ1n) is 10.8. The molecule has 0 unspecified atom stereocenters. The molecule has 7 nitrogen and oxygen atoms in total. The molecule has 1 aliphatic carbocycles. The number of amides is 2. The summed E-state index contributed by atoms with van der Waals surface area (Å²) in [5.74, 6) is -2.13. The molecule has 0 bridgehead atoms. The second-order valence-electron chi connectivity index (χ2n) is 8.19. The molecule has 1 fully saturated rings. The zero-order chi connectivity index (χ0) is 23.4. The van der Waals surface area contributed by atoms with Crippen LogP contribution >= 0.6 is 23.1 Å². The van der Waals surface area contributed by atoms with E-state index in [1.165, 1.54) is 23.1 Å². The second-order valence-corrected chi connectivity index (χ2v) is 10.4. The lowest BCUT2D eigenvalue weighted by molar-refractivity contribution is -0.147. The van der Waals surface area contributed by atoms with Gasteiger partial charge in [0.15, 0.2) is 4.34 Å². The number of benzene rings is 2. The van der Waals surface area contributed by atoms with Gasteiger partial charge < -0.3 is 15.7 Å². The highest BCUT2D eigenvalue weighted by Crippen LogP contribution is 2.33. The fourth-order valence-electron chi connectivity index (χ4n) is 4.07. The third-order valence-corrected chi connectivity index (χ3v) is 7.85. The molecule has 3 N–H and O–H groups in total. The van der Waals surface area contributed by atoms with Crippen LogP contribution in [0, 0.1) is 18.8 Å². The molecule has 0 saturated heterocycles. The van der Waals surface area contributed by atoms with Gasteiger partial charge in [-0.2, -0.15) is 0 Å². The number of aliphatic carboxylic acids is 1. The Kier molecular flexibility index (Phi) is 7.29. The minimum absolute atomic E-state index is 0.0988. The average Bonchev–Trinajstić information content (AvgIpc) is 3.20. The van der Waals surface area contributed by atoms with Crippen molar-refractivity contribution in [2.45, 2.75) is 36.9 Å². The Morgan fingerprint density at radius 3 is 2.58 bits per heavy atom. The number of nitrogens with one attached hydrogen (secondary N) is 2. The number of anilines is 2. The molecule has 9 heteroatoms. The van der Waals surface area contributed by atoms with E-state index in [1.54, 1.807) is 6.07 Å². The van der Waals surface area contributed by atoms with Crippen LogP contribution in [0.2, 0.25) is 0 Å². The molecule has 4 rings (SSSR count). The highest BCUT2D eigenvalue weighted by atomic mass is 32.2. The second kappa shape index (κ2) is 10.4. The Balaban J connectivity index is 1.37. The molecule has 172 valence electrons. The lowest BCUT2D eigenvalue weighted by Gasteiger charge is -2.27. The first-order valence-corrected chi connectivity index (χ1v) is 12.6. The van der Waals surface area contributed by atoms with Crippen LogP contribution in [-0.4, -0.2) is 33.6 Å². The number of thiazole rings is 1. The van der Waals surface area contributed by atoms with Gasteiger partial charge in [0, 0.05) is 11.4 Å². The SMILES string of the molecule is Cc1cccc(NC(=O)CSc2nc3ccc(NC(=O)[C@@H]4CCCC[C@H]4C(=O)O)cc3s2)c1. The number of thioether (sulfide) groups is 1. The molecule has 2 amide bonds. The van der Waals surface area contributed by atoms with Gasteiger partial charge in [-0.1, -0.05) is 36.7 Å². The van der Waals surface area contributed by atoms with Crippen LogP contribution in [-0.2, 0) is 14.4 Å². The van der Waals surface area contributed by atoms with Gasteiger partial charge in [0.2, 0.25) is 11.8 Å². The summed E-state index contributed by atoms with van der Waals surface area (Å²) in [6.45, 7) is 1.97. The number of hydrogen-bond donors (Lipinski definition) is 3. The number of carbonyl (C=O) groups is 3. The van der Waals surface area contributed by atoms with Gasteiger partial charge >= 0.3 is 5.97 Å². The number of nitrogens with zero attached hydrogens (tertiary/aromatic N) is 1. The van der Waals surface area contributed by atoms with Crippen molar-refractivity contribution in [2.75, 3.05) is 16.4 Å². The fraction of sp³-hybridized carbons (Fsp3) is 0.333. The van der Waals surface area contributed by atoms with E-state index in [1.807, 2.05) is 43.3 Å². The molecule has 3 aromatic rings. The predicted octanol–water partition coefficient (Wildman–Crippen LogP) is 5.17. The number of carboxylic acid groups (broad SMARTS) is 1. The Morgan fingerprint density at radius 2 is 1.82 bits per heavy atom. The van der Waals surface area contributed by atoms with Crippen LogP contribution in [0.4, 0.5) is 11.4 Å². The van der Waals surface area contributed by atoms with Gasteiger partial charge in [0.05, 0.1) is 27.8 Å². The lowest BCUT2D eigenvalue weighted by atomic mass is 9.78. The van der Waals surface area contributed by atoms with Crippen LogP contribution < -0.4 is 10.6 Å². The summed E-state index contributed by atoms with van der Waals surface area (Å²) in [4.78, 5) is 41.1. The van der Waals surface area contributed by atoms with Crippen LogP contribution in [0.25, 0.3) is 10.2 Å². The summed E-state index contributed by atoms with van der Waals surface area (Å²) in [5, 5.41) is 15.2. The molecule has 0 spiro atoms. The average molecular weight is 484 g/mol. The monoisotopic (exact) mass is 483 g/mol. The summed E-state index contributed by atoms with van der Waals surface area (Å²) in [7, 11) is 0. The molecule has 1 aliphatic rings. The summed E-state index contributed by atoms with van der Waals surface area (Å²) < 4.78 is 1.67. The summed E-state index contributed by atoms with van der Waals surface area (Å²) >= 11 is 2.82. The maximum atomic E-state index is 12.7. The minimum atomic E-state index is -0.902. The zero-order valence-electron chi connectivity index (χ0n) is 18.2. The fourth-order valence-corrected chi connectivity index (χ4v) is 5.97. The normalized spacial score (nSPS) is 18.1. The molecule has 1 aromatic heterocycles. The molecule has 2 atom stereocenters. The third kappa shape index (κ3) is 5.91. The van der Waals surface area contributed by atoms with Gasteiger partial charge in [-0.25, -0.2) is 4.98 Å². The summed E-state index contributed by atoms with van der Waals surface area (Å²) in [5.41, 5.74) is 3.27. The maximum Gasteiger partial charge on any atom is 0.307 e. The van der Waals surface area contributed by atoms with Crippen LogP contribution in [0.5, 0.6) is 0 Å². The van der Waals surface area contributed by atoms with E-state index in [9.17, 15) is 19.5 Å². The van der Waals surface area contributed by atoms with E-state index in [0.29, 0.717) is 18.5 Å². The van der Waals surface area contributed by atoms with Crippen molar-refractivity contribution >= 4 is 62.5 Å². The number of carbonyl (C=O) groups excluding carboxylic acids is 2. The molecule has 1 heterocycles. The van der Waals surface area contributed by atoms with E-state index >= 15 is 0 Å². The van der Waals surface area contributed by atoms with E-state index < -0.39 is 17.8 Å². The van der Waals surface area contributed by atoms with E-state index in [2.05, 4.69) is 15.6 Å². The number of aromatic nitrogens is 1. The Morgan fingerprint density at radius 1 is 1.06 bits per heavy atom. The number of rotatable bonds is 7. The molecular weight excluding hydrogens is 458 g/mol. The van der Waals surface area contributed by atoms with Gasteiger partial charge in [-0.05, 0) is 55.7 Å². The van der Waals surface area contributed by atoms with Crippen molar-refractivity contribution in [1.29, 1.82) is 0 Å². The van der Waals surface area contributed by atoms with Crippen molar-refractivity contribution < 1.29 is 19.5 Å². The number of carboxylic acids is 1. The molecule has 1 saturated carbocycles. The highest BCUT2D eigenvalue weighted by molar-refractivity contribution is 8.01. The van der Waals surface area contributed by atoms with Crippen molar-refractivity contribution in [3.63, 3.8) is 0 Å². The smallest absolute Gasteiger partial charge is 0.307 e. The quantitative estimate of drug-likeness (QED) is 0.400. The number of aryl methyl sites for hydroxylation is 1. The molecular formula is C24H25N3O4S2. The van der Waals surface area contributed by atoms with E-state index in [0.717, 1.165) is 38.6 Å². The number of fused-ring (bicyclic) bond motifs is 1. The van der Waals surface area contributed by atoms with Gasteiger partial charge in [0.25, 0.3) is 0 Å². The zero-order valence-corrected chi connectivity index (χ0v) is 19.8. The van der Waals surface area contributed by atoms with Crippen molar-refractivity contribution in [1.82, 2.24) is 4.98 Å². The minimum Gasteiger partial charge on any atom is -0.481 e. The standard InChI is InChI=1S/C24H25N3O4S2/c1-14-5-4-6-15(11-14)25-21(28)13-32-24-27-19-10-9-16(12-20(19)33-24)26-22(29)17-7-2-3-8-18(17)23(30)31/h4-6,9-12,17-18H,2-3,7-8,13H2,1H3,(H,25,28)(H,26,29)(H,30,31)/t17-,18-/m1/s1. The Hall–Kier alpha value is -2.91. The Labute approximate surface area is 200 Å². The van der Waals surface area contributed by atoms with Crippen LogP contribution in [0.3, 0.4) is 0 Å². The largest absolute Gasteiger partial charge is 0.481 e. The molecule has 0 radical (unpaired) electrons. The Bertz CT molecular complexity index is 1190. The first kappa shape index (κ1) is 23.3. The van der Waals surface area contributed by atoms with Gasteiger partial charge in [0.1, 0.15) is 0 Å². The van der Waals surface area contributed by atoms with E-state index in [-0.39, 0.29) is 17.6 Å². The maximum absolute atomic E-state index is 12.7. The van der Waals surface area contributed by atoms with Crippen molar-refractivity contribution in [2.24, 2.45) is 11.8 Å². The third-order valence-electron chi connectivity index (χ3n) is 5.68. The lowest BCUT2D eigenvalue weighted by Crippen LogP contribution is -2.36. The van der Waals surface area contributed by atoms with Crippen molar-refractivity contribution in [3.8, 4) is 0 Å². The number of hydrogen-bond acceptors (Lipinski definition) is 6. The van der Waals surface area contributed by atoms with Crippen LogP contribution in [0.1, 0.15) is 31.2 Å². The highest BCUT2D eigenvalue weighted by Gasteiger charge is 2.35. The van der Waals surface area contributed by atoms with Gasteiger partial charge in [-0.15, -0.1) is 11.3 Å². The van der Waals surface area contributed by atoms with E-state index in [4.69, 9.17) is 0 Å². The van der Waals surface area contributed by atoms with Crippen molar-refractivity contribution in [3.05, 3.63) is 48.0 Å². The van der Waals surface area contributed by atoms with Crippen LogP contribution in [0.15, 0.2) is 46.8 Å². The predicted molar refractivity (Wildman–Crippen MR) is 132 cm³/mol. The first-order chi connectivity index (χ1) is 15.9.